The summed E-state index contributed by atoms with van der Waals surface area (Å²) in [7, 11) is 0. The summed E-state index contributed by atoms with van der Waals surface area (Å²) in [5, 5.41) is 12.3. The van der Waals surface area contributed by atoms with Gasteiger partial charge in [-0.15, -0.1) is 0 Å². The van der Waals surface area contributed by atoms with E-state index in [0.717, 1.165) is 10.1 Å². The summed E-state index contributed by atoms with van der Waals surface area (Å²) in [4.78, 5) is 57.3. The van der Waals surface area contributed by atoms with Gasteiger partial charge in [0.15, 0.2) is 0 Å². The number of fused-ring (bicyclic) bond motifs is 1. The van der Waals surface area contributed by atoms with Gasteiger partial charge in [-0.25, -0.2) is 14.6 Å². The first-order valence-corrected chi connectivity index (χ1v) is 10.2. The number of carboxylic acid groups (broad SMARTS) is 1. The maximum absolute atomic E-state index is 13.2. The molecule has 0 aliphatic rings. The number of imidazole rings is 1. The summed E-state index contributed by atoms with van der Waals surface area (Å²) in [6.45, 7) is -0.489. The Bertz CT molecular complexity index is 1410. The highest BCUT2D eigenvalue weighted by Gasteiger charge is 2.22. The molecule has 0 unspecified atom stereocenters. The van der Waals surface area contributed by atoms with E-state index in [2.05, 4.69) is 15.3 Å². The zero-order valence-electron chi connectivity index (χ0n) is 17.5. The fourth-order valence-electron chi connectivity index (χ4n) is 3.64. The third-order valence-electron chi connectivity index (χ3n) is 5.23. The first kappa shape index (κ1) is 21.8. The topological polar surface area (TPSA) is 139 Å². The number of carbonyl (C=O) groups is 2. The number of H-pyrrole nitrogens is 1. The standard InChI is InChI=1S/C23H21N5O5/c29-20(26-18(22(31)32)10-15-6-2-1-3-7-15)13-27-19-9-5-4-8-17(19)21(30)28(23(27)33)12-16-11-24-14-25-16/h1-9,11,14,18H,10,12-13H2,(H,24,25)(H,26,29)(H,31,32)/t18-/m0/s1. The predicted octanol–water partition coefficient (Wildman–Crippen LogP) is 0.747. The van der Waals surface area contributed by atoms with E-state index in [-0.39, 0.29) is 18.4 Å². The molecule has 33 heavy (non-hydrogen) atoms. The zero-order chi connectivity index (χ0) is 23.4. The fourth-order valence-corrected chi connectivity index (χ4v) is 3.64. The monoisotopic (exact) mass is 447 g/mol. The minimum absolute atomic E-state index is 0.0458. The molecule has 10 nitrogen and oxygen atoms in total. The Hall–Kier alpha value is -4.47. The van der Waals surface area contributed by atoms with Gasteiger partial charge in [0, 0.05) is 12.6 Å². The van der Waals surface area contributed by atoms with Gasteiger partial charge in [-0.3, -0.25) is 18.7 Å². The number of hydrogen-bond donors (Lipinski definition) is 3. The number of rotatable bonds is 8. The summed E-state index contributed by atoms with van der Waals surface area (Å²) in [6.07, 6.45) is 3.03. The Morgan fingerprint density at radius 2 is 1.76 bits per heavy atom. The van der Waals surface area contributed by atoms with Gasteiger partial charge in [0.2, 0.25) is 5.91 Å². The number of benzene rings is 2. The number of nitrogens with one attached hydrogen (secondary N) is 2. The molecule has 0 aliphatic heterocycles. The summed E-state index contributed by atoms with van der Waals surface area (Å²) >= 11 is 0. The number of para-hydroxylation sites is 1. The normalized spacial score (nSPS) is 11.9. The molecule has 1 atom stereocenters. The van der Waals surface area contributed by atoms with Crippen molar-refractivity contribution < 1.29 is 14.7 Å². The number of carbonyl (C=O) groups excluding carboxylic acids is 1. The minimum atomic E-state index is -1.19. The number of amides is 1. The largest absolute Gasteiger partial charge is 0.480 e. The van der Waals surface area contributed by atoms with Gasteiger partial charge in [-0.1, -0.05) is 42.5 Å². The van der Waals surface area contributed by atoms with Gasteiger partial charge in [0.1, 0.15) is 12.6 Å². The second-order valence-corrected chi connectivity index (χ2v) is 7.50. The van der Waals surface area contributed by atoms with Crippen LogP contribution in [0.2, 0.25) is 0 Å². The Balaban J connectivity index is 1.66. The van der Waals surface area contributed by atoms with Crippen molar-refractivity contribution in [2.75, 3.05) is 0 Å². The molecule has 168 valence electrons. The maximum atomic E-state index is 13.2. The Morgan fingerprint density at radius 3 is 2.45 bits per heavy atom. The number of nitrogens with zero attached hydrogens (tertiary/aromatic N) is 3. The summed E-state index contributed by atoms with van der Waals surface area (Å²) < 4.78 is 2.19. The molecular weight excluding hydrogens is 426 g/mol. The number of aromatic amines is 1. The van der Waals surface area contributed by atoms with E-state index in [4.69, 9.17) is 0 Å². The highest BCUT2D eigenvalue weighted by atomic mass is 16.4. The average Bonchev–Trinajstić information content (AvgIpc) is 3.33. The summed E-state index contributed by atoms with van der Waals surface area (Å²) in [6, 6.07) is 14.2. The third-order valence-corrected chi connectivity index (χ3v) is 5.23. The molecule has 2 heterocycles. The van der Waals surface area contributed by atoms with Crippen molar-refractivity contribution >= 4 is 22.8 Å². The lowest BCUT2D eigenvalue weighted by Crippen LogP contribution is -2.47. The number of hydrogen-bond acceptors (Lipinski definition) is 5. The van der Waals surface area contributed by atoms with Crippen LogP contribution < -0.4 is 16.6 Å². The second kappa shape index (κ2) is 9.35. The van der Waals surface area contributed by atoms with Gasteiger partial charge in [-0.2, -0.15) is 0 Å². The van der Waals surface area contributed by atoms with E-state index in [0.29, 0.717) is 11.2 Å². The number of aliphatic carboxylic acids is 1. The first-order valence-electron chi connectivity index (χ1n) is 10.2. The lowest BCUT2D eigenvalue weighted by molar-refractivity contribution is -0.141. The second-order valence-electron chi connectivity index (χ2n) is 7.50. The molecule has 2 aromatic heterocycles. The molecule has 3 N–H and O–H groups in total. The van der Waals surface area contributed by atoms with Crippen molar-refractivity contribution in [2.24, 2.45) is 0 Å². The van der Waals surface area contributed by atoms with Crippen molar-refractivity contribution in [3.05, 3.63) is 99.2 Å². The molecule has 0 spiro atoms. The third kappa shape index (κ3) is 4.74. The van der Waals surface area contributed by atoms with Crippen LogP contribution >= 0.6 is 0 Å². The van der Waals surface area contributed by atoms with Crippen LogP contribution in [-0.2, 0) is 29.1 Å². The molecule has 0 aliphatic carbocycles. The molecule has 0 radical (unpaired) electrons. The van der Waals surface area contributed by atoms with Crippen molar-refractivity contribution in [2.45, 2.75) is 25.6 Å². The van der Waals surface area contributed by atoms with Crippen molar-refractivity contribution in [1.82, 2.24) is 24.4 Å². The molecule has 4 aromatic rings. The van der Waals surface area contributed by atoms with Crippen LogP contribution in [0.3, 0.4) is 0 Å². The van der Waals surface area contributed by atoms with Crippen LogP contribution in [0.15, 0.2) is 76.7 Å². The van der Waals surface area contributed by atoms with E-state index >= 15 is 0 Å². The molecule has 0 saturated carbocycles. The minimum Gasteiger partial charge on any atom is -0.480 e. The quantitative estimate of drug-likeness (QED) is 0.364. The van der Waals surface area contributed by atoms with E-state index in [1.807, 2.05) is 6.07 Å². The van der Waals surface area contributed by atoms with Gasteiger partial charge in [0.25, 0.3) is 5.56 Å². The van der Waals surface area contributed by atoms with Crippen LogP contribution in [-0.4, -0.2) is 42.1 Å². The van der Waals surface area contributed by atoms with Crippen LogP contribution in [0.1, 0.15) is 11.3 Å². The zero-order valence-corrected chi connectivity index (χ0v) is 17.5. The van der Waals surface area contributed by atoms with Crippen LogP contribution in [0, 0.1) is 0 Å². The highest BCUT2D eigenvalue weighted by Crippen LogP contribution is 2.09. The molecule has 1 amide bonds. The molecule has 10 heteroatoms. The highest BCUT2D eigenvalue weighted by molar-refractivity contribution is 5.85. The average molecular weight is 447 g/mol. The van der Waals surface area contributed by atoms with E-state index in [1.165, 1.54) is 17.1 Å². The lowest BCUT2D eigenvalue weighted by atomic mass is 10.1. The SMILES string of the molecule is O=C(Cn1c(=O)n(Cc2cnc[nH]2)c(=O)c2ccccc21)N[C@@H](Cc1ccccc1)C(=O)O. The smallest absolute Gasteiger partial charge is 0.332 e. The van der Waals surface area contributed by atoms with Crippen LogP contribution in [0.5, 0.6) is 0 Å². The first-order chi connectivity index (χ1) is 15.9. The molecule has 0 saturated heterocycles. The van der Waals surface area contributed by atoms with E-state index < -0.39 is 35.7 Å². The van der Waals surface area contributed by atoms with Gasteiger partial charge >= 0.3 is 11.7 Å². The number of aromatic nitrogens is 4. The maximum Gasteiger partial charge on any atom is 0.332 e. The van der Waals surface area contributed by atoms with Gasteiger partial charge in [0.05, 0.1) is 29.5 Å². The number of carboxylic acids is 1. The van der Waals surface area contributed by atoms with Gasteiger partial charge in [-0.05, 0) is 17.7 Å². The lowest BCUT2D eigenvalue weighted by Gasteiger charge is -2.17. The Labute approximate surface area is 187 Å². The van der Waals surface area contributed by atoms with Gasteiger partial charge < -0.3 is 15.4 Å². The van der Waals surface area contributed by atoms with Crippen LogP contribution in [0.25, 0.3) is 10.9 Å². The van der Waals surface area contributed by atoms with Crippen molar-refractivity contribution in [3.63, 3.8) is 0 Å². The molecule has 0 bridgehead atoms. The molecular formula is C23H21N5O5. The summed E-state index contributed by atoms with van der Waals surface area (Å²) in [5.74, 6) is -1.84. The van der Waals surface area contributed by atoms with Crippen molar-refractivity contribution in [1.29, 1.82) is 0 Å². The molecule has 0 fully saturated rings. The Kier molecular flexibility index (Phi) is 6.16. The summed E-state index contributed by atoms with van der Waals surface area (Å²) in [5.41, 5.74) is 0.418. The van der Waals surface area contributed by atoms with E-state index in [9.17, 15) is 24.3 Å². The fraction of sp³-hybridized carbons (Fsp3) is 0.174. The predicted molar refractivity (Wildman–Crippen MR) is 120 cm³/mol. The van der Waals surface area contributed by atoms with Crippen LogP contribution in [0.4, 0.5) is 0 Å². The Morgan fingerprint density at radius 1 is 1.03 bits per heavy atom. The van der Waals surface area contributed by atoms with E-state index in [1.54, 1.807) is 48.5 Å². The molecule has 2 aromatic carbocycles. The molecule has 4 rings (SSSR count). The van der Waals surface area contributed by atoms with Crippen molar-refractivity contribution in [3.8, 4) is 0 Å².